The number of halogens is 5. The fourth-order valence-corrected chi connectivity index (χ4v) is 9.79. The van der Waals surface area contributed by atoms with Crippen LogP contribution in [-0.4, -0.2) is 54.9 Å². The molecule has 6 atom stereocenters. The van der Waals surface area contributed by atoms with Crippen molar-refractivity contribution in [3.8, 4) is 11.5 Å². The summed E-state index contributed by atoms with van der Waals surface area (Å²) in [4.78, 5) is 0. The maximum atomic E-state index is 13.0. The van der Waals surface area contributed by atoms with Crippen LogP contribution in [-0.2, 0) is 16.3 Å². The highest BCUT2D eigenvalue weighted by Crippen LogP contribution is 2.65. The van der Waals surface area contributed by atoms with Gasteiger partial charge in [0, 0.05) is 6.42 Å². The summed E-state index contributed by atoms with van der Waals surface area (Å²) >= 11 is 0. The number of phenolic OH excluding ortho intramolecular Hbond substituents is 1. The van der Waals surface area contributed by atoms with E-state index in [4.69, 9.17) is 4.74 Å². The van der Waals surface area contributed by atoms with Gasteiger partial charge in [0.1, 0.15) is 21.3 Å². The lowest BCUT2D eigenvalue weighted by Gasteiger charge is -2.54. The van der Waals surface area contributed by atoms with Crippen LogP contribution in [0.4, 0.5) is 22.0 Å². The van der Waals surface area contributed by atoms with Gasteiger partial charge in [-0.25, -0.2) is 8.42 Å². The highest BCUT2D eigenvalue weighted by atomic mass is 32.2. The molecule has 5 rings (SSSR count). The third-order valence-electron chi connectivity index (χ3n) is 10.7. The topological polar surface area (TPSA) is 83.8 Å². The van der Waals surface area contributed by atoms with Crippen molar-refractivity contribution in [3.05, 3.63) is 59.2 Å². The number of ether oxygens (including phenoxy) is 1. The summed E-state index contributed by atoms with van der Waals surface area (Å²) in [6.07, 6.45) is -2.19. The maximum absolute atomic E-state index is 13.0. The maximum Gasteiger partial charge on any atom is 0.453 e. The van der Waals surface area contributed by atoms with E-state index < -0.39 is 40.5 Å². The number of rotatable bonds is 12. The largest absolute Gasteiger partial charge is 0.508 e. The van der Waals surface area contributed by atoms with Gasteiger partial charge >= 0.3 is 12.1 Å². The van der Waals surface area contributed by atoms with Gasteiger partial charge in [0.05, 0.1) is 24.2 Å². The SMILES string of the molecule is CC12CC(c3ccc(OCCCCCS(=O)(=O)CCCC(F)(F)C(F)(F)F)cc3)C3c4ccc(O)cc4CCC3C1CCC2O. The van der Waals surface area contributed by atoms with Crippen molar-refractivity contribution in [3.63, 3.8) is 0 Å². The van der Waals surface area contributed by atoms with E-state index >= 15 is 0 Å². The zero-order valence-corrected chi connectivity index (χ0v) is 26.4. The summed E-state index contributed by atoms with van der Waals surface area (Å²) in [6.45, 7) is 2.61. The molecule has 0 heterocycles. The Morgan fingerprint density at radius 3 is 2.36 bits per heavy atom. The Hall–Kier alpha value is -2.40. The molecule has 0 saturated heterocycles. The molecule has 2 saturated carbocycles. The number of aliphatic hydroxyl groups is 1. The molecular formula is C34H43F5O5S. The Bertz CT molecular complexity index is 1430. The molecule has 2 aromatic rings. The Balaban J connectivity index is 1.14. The molecule has 0 amide bonds. The average molecular weight is 659 g/mol. The van der Waals surface area contributed by atoms with Crippen LogP contribution in [0.1, 0.15) is 93.2 Å². The number of hydrogen-bond acceptors (Lipinski definition) is 5. The molecule has 6 unspecified atom stereocenters. The lowest BCUT2D eigenvalue weighted by Crippen LogP contribution is -2.47. The first-order valence-corrected chi connectivity index (χ1v) is 17.8. The van der Waals surface area contributed by atoms with Crippen LogP contribution in [0.3, 0.4) is 0 Å². The molecule has 3 aliphatic rings. The van der Waals surface area contributed by atoms with Gasteiger partial charge in [0.2, 0.25) is 0 Å². The third kappa shape index (κ3) is 7.29. The second-order valence-electron chi connectivity index (χ2n) is 13.6. The molecule has 5 nitrogen and oxygen atoms in total. The number of hydrogen-bond donors (Lipinski definition) is 2. The van der Waals surface area contributed by atoms with E-state index in [0.717, 1.165) is 32.1 Å². The van der Waals surface area contributed by atoms with Gasteiger partial charge in [-0.15, -0.1) is 0 Å². The summed E-state index contributed by atoms with van der Waals surface area (Å²) < 4.78 is 92.8. The molecule has 250 valence electrons. The standard InChI is InChI=1S/C34H43F5O5S/c1-32-21-28(31-26-13-9-24(40)20-23(26)8-12-27(31)29(32)14-15-30(32)41)22-6-10-25(11-7-22)44-17-3-2-4-18-45(42,43)19-5-16-33(35,36)34(37,38)39/h6-7,9-11,13,20,27-31,40-41H,2-5,8,12,14-19,21H2,1H3. The predicted octanol–water partition coefficient (Wildman–Crippen LogP) is 7.94. The van der Waals surface area contributed by atoms with Gasteiger partial charge in [0.25, 0.3) is 0 Å². The lowest BCUT2D eigenvalue weighted by atomic mass is 9.51. The fourth-order valence-electron chi connectivity index (χ4n) is 8.35. The third-order valence-corrected chi connectivity index (χ3v) is 12.5. The van der Waals surface area contributed by atoms with Crippen molar-refractivity contribution in [2.24, 2.45) is 17.3 Å². The molecule has 2 aromatic carbocycles. The van der Waals surface area contributed by atoms with Gasteiger partial charge < -0.3 is 14.9 Å². The van der Waals surface area contributed by atoms with Gasteiger partial charge in [-0.05, 0) is 128 Å². The molecule has 2 fully saturated rings. The highest BCUT2D eigenvalue weighted by Gasteiger charge is 2.58. The van der Waals surface area contributed by atoms with Gasteiger partial charge in [-0.3, -0.25) is 0 Å². The number of aliphatic hydroxyl groups excluding tert-OH is 1. The van der Waals surface area contributed by atoms with E-state index in [2.05, 4.69) is 25.1 Å². The smallest absolute Gasteiger partial charge is 0.453 e. The first-order chi connectivity index (χ1) is 21.1. The van der Waals surface area contributed by atoms with Crippen molar-refractivity contribution in [2.75, 3.05) is 18.1 Å². The molecule has 0 aliphatic heterocycles. The fraction of sp³-hybridized carbons (Fsp3) is 0.647. The summed E-state index contributed by atoms with van der Waals surface area (Å²) in [5.41, 5.74) is 3.56. The molecule has 11 heteroatoms. The Morgan fingerprint density at radius 2 is 1.64 bits per heavy atom. The van der Waals surface area contributed by atoms with E-state index in [-0.39, 0.29) is 35.4 Å². The molecular weight excluding hydrogens is 615 g/mol. The molecule has 45 heavy (non-hydrogen) atoms. The van der Waals surface area contributed by atoms with Crippen LogP contribution in [0.2, 0.25) is 0 Å². The average Bonchev–Trinajstić information content (AvgIpc) is 3.27. The van der Waals surface area contributed by atoms with E-state index in [1.54, 1.807) is 6.07 Å². The molecule has 0 spiro atoms. The van der Waals surface area contributed by atoms with E-state index in [1.165, 1.54) is 16.7 Å². The van der Waals surface area contributed by atoms with Crippen molar-refractivity contribution in [1.82, 2.24) is 0 Å². The second-order valence-corrected chi connectivity index (χ2v) is 15.9. The normalized spacial score (nSPS) is 28.3. The Kier molecular flexibility index (Phi) is 9.81. The number of aromatic hydroxyl groups is 1. The minimum absolute atomic E-state index is 0.142. The van der Waals surface area contributed by atoms with Gasteiger partial charge in [0.15, 0.2) is 0 Å². The molecule has 3 aliphatic carbocycles. The Labute approximate surface area is 262 Å². The van der Waals surface area contributed by atoms with Crippen LogP contribution in [0.5, 0.6) is 11.5 Å². The van der Waals surface area contributed by atoms with E-state index in [9.17, 15) is 40.6 Å². The summed E-state index contributed by atoms with van der Waals surface area (Å²) in [5.74, 6) is -3.43. The quantitative estimate of drug-likeness (QED) is 0.179. The number of aryl methyl sites for hydroxylation is 1. The van der Waals surface area contributed by atoms with E-state index in [0.29, 0.717) is 43.0 Å². The molecule has 0 aromatic heterocycles. The number of sulfone groups is 1. The highest BCUT2D eigenvalue weighted by molar-refractivity contribution is 7.91. The van der Waals surface area contributed by atoms with Crippen LogP contribution in [0, 0.1) is 17.3 Å². The predicted molar refractivity (Wildman–Crippen MR) is 162 cm³/mol. The molecule has 0 bridgehead atoms. The zero-order chi connectivity index (χ0) is 32.6. The first-order valence-electron chi connectivity index (χ1n) is 16.0. The summed E-state index contributed by atoms with van der Waals surface area (Å²) in [7, 11) is -3.72. The van der Waals surface area contributed by atoms with Crippen molar-refractivity contribution in [1.29, 1.82) is 0 Å². The van der Waals surface area contributed by atoms with Crippen molar-refractivity contribution in [2.45, 2.75) is 101 Å². The zero-order valence-electron chi connectivity index (χ0n) is 25.5. The second kappa shape index (κ2) is 13.0. The molecule has 0 radical (unpaired) electrons. The van der Waals surface area contributed by atoms with Crippen molar-refractivity contribution < 1.29 is 45.3 Å². The molecule has 2 N–H and O–H groups in total. The summed E-state index contributed by atoms with van der Waals surface area (Å²) in [6, 6.07) is 13.8. The number of unbranched alkanes of at least 4 members (excludes halogenated alkanes) is 2. The Morgan fingerprint density at radius 1 is 0.933 bits per heavy atom. The van der Waals surface area contributed by atoms with Gasteiger partial charge in [-0.2, -0.15) is 22.0 Å². The van der Waals surface area contributed by atoms with Crippen LogP contribution >= 0.6 is 0 Å². The van der Waals surface area contributed by atoms with Gasteiger partial charge in [-0.1, -0.05) is 25.1 Å². The summed E-state index contributed by atoms with van der Waals surface area (Å²) in [5, 5.41) is 21.2. The number of phenols is 1. The monoisotopic (exact) mass is 658 g/mol. The number of fused-ring (bicyclic) bond motifs is 5. The number of benzene rings is 2. The van der Waals surface area contributed by atoms with Crippen LogP contribution in [0.25, 0.3) is 0 Å². The van der Waals surface area contributed by atoms with Crippen molar-refractivity contribution >= 4 is 9.84 Å². The number of alkyl halides is 5. The van der Waals surface area contributed by atoms with E-state index in [1.807, 2.05) is 18.2 Å². The minimum atomic E-state index is -5.68. The minimum Gasteiger partial charge on any atom is -0.508 e. The lowest BCUT2D eigenvalue weighted by molar-refractivity contribution is -0.284. The van der Waals surface area contributed by atoms with Crippen LogP contribution < -0.4 is 4.74 Å². The first kappa shape index (κ1) is 33.9. The van der Waals surface area contributed by atoms with Crippen LogP contribution in [0.15, 0.2) is 42.5 Å².